The number of carbonyl (C=O) groups is 1. The van der Waals surface area contributed by atoms with E-state index in [1.54, 1.807) is 0 Å². The Hall–Kier alpha value is -1.05. The van der Waals surface area contributed by atoms with E-state index in [0.29, 0.717) is 25.8 Å². The second-order valence-corrected chi connectivity index (χ2v) is 3.93. The summed E-state index contributed by atoms with van der Waals surface area (Å²) in [6.45, 7) is 1.87. The minimum Gasteiger partial charge on any atom is -0.376 e. The molecule has 1 fully saturated rings. The lowest BCUT2D eigenvalue weighted by Gasteiger charge is -2.11. The molecule has 0 heterocycles. The van der Waals surface area contributed by atoms with Crippen molar-refractivity contribution >= 4 is 5.91 Å². The molecule has 1 aliphatic rings. The highest BCUT2D eigenvalue weighted by Crippen LogP contribution is 2.20. The zero-order chi connectivity index (χ0) is 11.6. The number of hydrogen-bond donors (Lipinski definition) is 2. The summed E-state index contributed by atoms with van der Waals surface area (Å²) in [5, 5.41) is 5.60. The van der Waals surface area contributed by atoms with Crippen LogP contribution in [-0.2, 0) is 9.53 Å². The molecule has 0 saturated heterocycles. The molecule has 1 amide bonds. The highest BCUT2D eigenvalue weighted by molar-refractivity contribution is 5.77. The predicted octanol–water partition coefficient (Wildman–Crippen LogP) is 0.285. The van der Waals surface area contributed by atoms with Crippen molar-refractivity contribution in [1.29, 1.82) is 0 Å². The summed E-state index contributed by atoms with van der Waals surface area (Å²) in [6.07, 6.45) is 10.3. The van der Waals surface area contributed by atoms with E-state index < -0.39 is 0 Å². The molecular formula is C12H20N2O2. The van der Waals surface area contributed by atoms with Crippen LogP contribution in [0.25, 0.3) is 0 Å². The standard InChI is InChI=1S/C12H20N2O2/c1-2-7-13-10-12(15)14-8-9-16-11-5-3-4-6-11/h1,11,13H,3-10H2,(H,14,15). The van der Waals surface area contributed by atoms with E-state index in [4.69, 9.17) is 11.2 Å². The molecular weight excluding hydrogens is 204 g/mol. The Balaban J connectivity index is 1.90. The summed E-state index contributed by atoms with van der Waals surface area (Å²) in [5.41, 5.74) is 0. The van der Waals surface area contributed by atoms with Crippen LogP contribution < -0.4 is 10.6 Å². The maximum Gasteiger partial charge on any atom is 0.234 e. The van der Waals surface area contributed by atoms with E-state index >= 15 is 0 Å². The van der Waals surface area contributed by atoms with Gasteiger partial charge < -0.3 is 10.1 Å². The van der Waals surface area contributed by atoms with Gasteiger partial charge >= 0.3 is 0 Å². The minimum atomic E-state index is -0.0368. The van der Waals surface area contributed by atoms with E-state index in [1.165, 1.54) is 12.8 Å². The van der Waals surface area contributed by atoms with Crippen LogP contribution in [0.4, 0.5) is 0 Å². The Morgan fingerprint density at radius 3 is 2.88 bits per heavy atom. The van der Waals surface area contributed by atoms with Crippen molar-refractivity contribution in [3.63, 3.8) is 0 Å². The molecule has 90 valence electrons. The SMILES string of the molecule is C#CCNCC(=O)NCCOC1CCCC1. The normalized spacial score (nSPS) is 15.9. The summed E-state index contributed by atoms with van der Waals surface area (Å²) in [7, 11) is 0. The molecule has 0 atom stereocenters. The third-order valence-electron chi connectivity index (χ3n) is 2.59. The maximum absolute atomic E-state index is 11.2. The molecule has 0 aromatic carbocycles. The second-order valence-electron chi connectivity index (χ2n) is 3.93. The molecule has 2 N–H and O–H groups in total. The second kappa shape index (κ2) is 8.14. The lowest BCUT2D eigenvalue weighted by atomic mass is 10.3. The molecule has 1 aliphatic carbocycles. The Morgan fingerprint density at radius 2 is 2.19 bits per heavy atom. The summed E-state index contributed by atoms with van der Waals surface area (Å²) >= 11 is 0. The summed E-state index contributed by atoms with van der Waals surface area (Å²) in [5.74, 6) is 2.37. The van der Waals surface area contributed by atoms with Crippen LogP contribution in [-0.4, -0.2) is 38.3 Å². The smallest absolute Gasteiger partial charge is 0.234 e. The van der Waals surface area contributed by atoms with Gasteiger partial charge in [-0.05, 0) is 12.8 Å². The Kier molecular flexibility index (Phi) is 6.62. The molecule has 0 bridgehead atoms. The van der Waals surface area contributed by atoms with Gasteiger partial charge in [0.15, 0.2) is 0 Å². The molecule has 0 aromatic heterocycles. The molecule has 0 spiro atoms. The predicted molar refractivity (Wildman–Crippen MR) is 62.9 cm³/mol. The van der Waals surface area contributed by atoms with E-state index in [0.717, 1.165) is 12.8 Å². The number of nitrogens with one attached hydrogen (secondary N) is 2. The van der Waals surface area contributed by atoms with Crippen molar-refractivity contribution in [2.45, 2.75) is 31.8 Å². The van der Waals surface area contributed by atoms with Crippen LogP contribution in [0.5, 0.6) is 0 Å². The molecule has 0 aliphatic heterocycles. The third kappa shape index (κ3) is 5.74. The fourth-order valence-electron chi connectivity index (χ4n) is 1.78. The summed E-state index contributed by atoms with van der Waals surface area (Å²) in [6, 6.07) is 0. The first kappa shape index (κ1) is 13.0. The third-order valence-corrected chi connectivity index (χ3v) is 2.59. The number of ether oxygens (including phenoxy) is 1. The van der Waals surface area contributed by atoms with Crippen molar-refractivity contribution in [3.05, 3.63) is 0 Å². The van der Waals surface area contributed by atoms with Gasteiger partial charge in [0.25, 0.3) is 0 Å². The molecule has 0 unspecified atom stereocenters. The van der Waals surface area contributed by atoms with Crippen LogP contribution in [0.15, 0.2) is 0 Å². The Morgan fingerprint density at radius 1 is 1.44 bits per heavy atom. The van der Waals surface area contributed by atoms with Crippen molar-refractivity contribution in [1.82, 2.24) is 10.6 Å². The molecule has 0 radical (unpaired) electrons. The van der Waals surface area contributed by atoms with Crippen LogP contribution in [0.1, 0.15) is 25.7 Å². The molecule has 4 heteroatoms. The number of rotatable bonds is 7. The van der Waals surface area contributed by atoms with Crippen molar-refractivity contribution in [3.8, 4) is 12.3 Å². The van der Waals surface area contributed by atoms with Crippen molar-refractivity contribution in [2.24, 2.45) is 0 Å². The Labute approximate surface area is 97.1 Å². The van der Waals surface area contributed by atoms with Crippen LogP contribution >= 0.6 is 0 Å². The lowest BCUT2D eigenvalue weighted by molar-refractivity contribution is -0.120. The van der Waals surface area contributed by atoms with E-state index in [9.17, 15) is 4.79 Å². The number of hydrogen-bond acceptors (Lipinski definition) is 3. The number of terminal acetylenes is 1. The Bertz CT molecular complexity index is 242. The average molecular weight is 224 g/mol. The average Bonchev–Trinajstić information content (AvgIpc) is 2.78. The van der Waals surface area contributed by atoms with Gasteiger partial charge in [0.1, 0.15) is 0 Å². The highest BCUT2D eigenvalue weighted by atomic mass is 16.5. The molecule has 1 rings (SSSR count). The molecule has 1 saturated carbocycles. The zero-order valence-electron chi connectivity index (χ0n) is 9.63. The fourth-order valence-corrected chi connectivity index (χ4v) is 1.78. The lowest BCUT2D eigenvalue weighted by Crippen LogP contribution is -2.36. The number of carbonyl (C=O) groups excluding carboxylic acids is 1. The van der Waals surface area contributed by atoms with Crippen LogP contribution in [0.2, 0.25) is 0 Å². The van der Waals surface area contributed by atoms with Gasteiger partial charge in [0.2, 0.25) is 5.91 Å². The first-order chi connectivity index (χ1) is 7.83. The molecule has 0 aromatic rings. The van der Waals surface area contributed by atoms with Crippen LogP contribution in [0.3, 0.4) is 0 Å². The number of amides is 1. The van der Waals surface area contributed by atoms with Gasteiger partial charge in [-0.2, -0.15) is 0 Å². The largest absolute Gasteiger partial charge is 0.376 e. The topological polar surface area (TPSA) is 50.4 Å². The summed E-state index contributed by atoms with van der Waals surface area (Å²) < 4.78 is 5.61. The first-order valence-electron chi connectivity index (χ1n) is 5.85. The van der Waals surface area contributed by atoms with Gasteiger partial charge in [0.05, 0.1) is 25.8 Å². The first-order valence-corrected chi connectivity index (χ1v) is 5.85. The van der Waals surface area contributed by atoms with Gasteiger partial charge in [-0.15, -0.1) is 6.42 Å². The van der Waals surface area contributed by atoms with Gasteiger partial charge in [0, 0.05) is 6.54 Å². The van der Waals surface area contributed by atoms with E-state index in [1.807, 2.05) is 0 Å². The van der Waals surface area contributed by atoms with Crippen LogP contribution in [0, 0.1) is 12.3 Å². The maximum atomic E-state index is 11.2. The van der Waals surface area contributed by atoms with Crippen molar-refractivity contribution < 1.29 is 9.53 Å². The van der Waals surface area contributed by atoms with Gasteiger partial charge in [-0.25, -0.2) is 0 Å². The highest BCUT2D eigenvalue weighted by Gasteiger charge is 2.14. The minimum absolute atomic E-state index is 0.0368. The zero-order valence-corrected chi connectivity index (χ0v) is 9.63. The fraction of sp³-hybridized carbons (Fsp3) is 0.750. The van der Waals surface area contributed by atoms with E-state index in [2.05, 4.69) is 16.6 Å². The quantitative estimate of drug-likeness (QED) is 0.482. The van der Waals surface area contributed by atoms with Crippen molar-refractivity contribution in [2.75, 3.05) is 26.2 Å². The molecule has 4 nitrogen and oxygen atoms in total. The van der Waals surface area contributed by atoms with Gasteiger partial charge in [-0.1, -0.05) is 18.8 Å². The summed E-state index contributed by atoms with van der Waals surface area (Å²) in [4.78, 5) is 11.2. The van der Waals surface area contributed by atoms with E-state index in [-0.39, 0.29) is 12.5 Å². The molecule has 16 heavy (non-hydrogen) atoms. The van der Waals surface area contributed by atoms with Gasteiger partial charge in [-0.3, -0.25) is 10.1 Å². The monoisotopic (exact) mass is 224 g/mol.